The Labute approximate surface area is 213 Å². The van der Waals surface area contributed by atoms with E-state index in [2.05, 4.69) is 27.6 Å². The van der Waals surface area contributed by atoms with Gasteiger partial charge < -0.3 is 9.47 Å². The van der Waals surface area contributed by atoms with Crippen LogP contribution in [-0.4, -0.2) is 24.3 Å². The van der Waals surface area contributed by atoms with Gasteiger partial charge in [0.2, 0.25) is 0 Å². The van der Waals surface area contributed by atoms with E-state index in [4.69, 9.17) is 21.1 Å². The number of aromatic nitrogens is 1. The minimum Gasteiger partial charge on any atom is -0.496 e. The lowest BCUT2D eigenvalue weighted by atomic mass is 9.96. The maximum absolute atomic E-state index is 13.6. The van der Waals surface area contributed by atoms with Crippen LogP contribution in [0.1, 0.15) is 31.0 Å². The van der Waals surface area contributed by atoms with E-state index in [1.165, 1.54) is 11.3 Å². The number of benzene rings is 2. The Morgan fingerprint density at radius 3 is 2.64 bits per heavy atom. The molecular weight excluding hydrogens is 575 g/mol. The van der Waals surface area contributed by atoms with Gasteiger partial charge >= 0.3 is 5.97 Å². The Kier molecular flexibility index (Phi) is 7.06. The van der Waals surface area contributed by atoms with Crippen molar-refractivity contribution in [3.8, 4) is 5.75 Å². The molecule has 9 heteroatoms. The summed E-state index contributed by atoms with van der Waals surface area (Å²) >= 11 is 9.57. The number of ether oxygens (including phenoxy) is 2. The molecule has 0 N–H and O–H groups in total. The molecule has 33 heavy (non-hydrogen) atoms. The Bertz CT molecular complexity index is 1440. The van der Waals surface area contributed by atoms with Crippen LogP contribution in [0.15, 0.2) is 63.5 Å². The molecule has 0 amide bonds. The van der Waals surface area contributed by atoms with Crippen molar-refractivity contribution in [1.29, 1.82) is 0 Å². The van der Waals surface area contributed by atoms with Crippen molar-refractivity contribution in [3.05, 3.63) is 93.1 Å². The van der Waals surface area contributed by atoms with Crippen LogP contribution < -0.4 is 19.6 Å². The molecule has 0 saturated carbocycles. The van der Waals surface area contributed by atoms with Gasteiger partial charge in [-0.1, -0.05) is 41.1 Å². The molecule has 0 saturated heterocycles. The van der Waals surface area contributed by atoms with Crippen LogP contribution in [0, 0.1) is 3.57 Å². The van der Waals surface area contributed by atoms with Crippen LogP contribution in [0.2, 0.25) is 5.02 Å². The number of allylic oxidation sites excluding steroid dienone is 1. The molecule has 1 aromatic heterocycles. The Hall–Kier alpha value is -2.43. The van der Waals surface area contributed by atoms with E-state index >= 15 is 0 Å². The summed E-state index contributed by atoms with van der Waals surface area (Å²) in [5, 5.41) is 0.568. The van der Waals surface area contributed by atoms with Crippen molar-refractivity contribution in [2.75, 3.05) is 13.7 Å². The predicted molar refractivity (Wildman–Crippen MR) is 138 cm³/mol. The molecule has 0 unspecified atom stereocenters. The first kappa shape index (κ1) is 23.7. The summed E-state index contributed by atoms with van der Waals surface area (Å²) in [7, 11) is 1.62. The second-order valence-corrected chi connectivity index (χ2v) is 9.86. The lowest BCUT2D eigenvalue weighted by Gasteiger charge is -2.24. The highest BCUT2D eigenvalue weighted by Crippen LogP contribution is 2.31. The lowest BCUT2D eigenvalue weighted by molar-refractivity contribution is -0.139. The maximum Gasteiger partial charge on any atom is 0.338 e. The Morgan fingerprint density at radius 1 is 1.27 bits per heavy atom. The standard InChI is InChI=1S/C24H20ClIN2O4S/c1-4-32-23(30)20-13(2)27-24-28(21(20)15-6-8-16(25)9-7-15)22(29)19(33-24)12-14-5-10-18(31-3)17(26)11-14/h5-12,21H,4H2,1-3H3/b19-12-/t21-/m0/s1. The monoisotopic (exact) mass is 594 g/mol. The fraction of sp³-hybridized carbons (Fsp3) is 0.208. The van der Waals surface area contributed by atoms with E-state index in [9.17, 15) is 9.59 Å². The summed E-state index contributed by atoms with van der Waals surface area (Å²) in [6, 6.07) is 12.2. The quantitative estimate of drug-likeness (QED) is 0.330. The van der Waals surface area contributed by atoms with Crippen molar-refractivity contribution < 1.29 is 14.3 Å². The lowest BCUT2D eigenvalue weighted by Crippen LogP contribution is -2.39. The Morgan fingerprint density at radius 2 is 2.00 bits per heavy atom. The van der Waals surface area contributed by atoms with Gasteiger partial charge in [-0.2, -0.15) is 0 Å². The average Bonchev–Trinajstić information content (AvgIpc) is 3.08. The molecule has 0 aliphatic carbocycles. The van der Waals surface area contributed by atoms with E-state index in [1.807, 2.05) is 36.4 Å². The number of carbonyl (C=O) groups is 1. The van der Waals surface area contributed by atoms with E-state index in [-0.39, 0.29) is 12.2 Å². The zero-order valence-electron chi connectivity index (χ0n) is 18.1. The highest BCUT2D eigenvalue weighted by molar-refractivity contribution is 14.1. The van der Waals surface area contributed by atoms with Crippen LogP contribution in [0.25, 0.3) is 6.08 Å². The number of fused-ring (bicyclic) bond motifs is 1. The molecule has 0 spiro atoms. The maximum atomic E-state index is 13.6. The van der Waals surface area contributed by atoms with Crippen molar-refractivity contribution in [1.82, 2.24) is 4.57 Å². The minimum atomic E-state index is -0.657. The molecule has 0 fully saturated rings. The first-order valence-corrected chi connectivity index (χ1v) is 12.4. The number of esters is 1. The topological polar surface area (TPSA) is 69.9 Å². The van der Waals surface area contributed by atoms with E-state index < -0.39 is 12.0 Å². The van der Waals surface area contributed by atoms with Gasteiger partial charge in [0.25, 0.3) is 5.56 Å². The summed E-state index contributed by atoms with van der Waals surface area (Å²) in [5.41, 5.74) is 2.27. The zero-order chi connectivity index (χ0) is 23.7. The van der Waals surface area contributed by atoms with Crippen LogP contribution >= 0.6 is 45.5 Å². The van der Waals surface area contributed by atoms with Crippen molar-refractivity contribution >= 4 is 57.6 Å². The van der Waals surface area contributed by atoms with Crippen molar-refractivity contribution in [2.45, 2.75) is 19.9 Å². The summed E-state index contributed by atoms with van der Waals surface area (Å²) in [5.74, 6) is 0.282. The first-order chi connectivity index (χ1) is 15.8. The van der Waals surface area contributed by atoms with Crippen molar-refractivity contribution in [2.24, 2.45) is 4.99 Å². The summed E-state index contributed by atoms with van der Waals surface area (Å²) in [6.45, 7) is 3.73. The third-order valence-corrected chi connectivity index (χ3v) is 7.25. The molecule has 1 aliphatic heterocycles. The number of halogens is 2. The van der Waals surface area contributed by atoms with Gasteiger partial charge in [-0.25, -0.2) is 9.79 Å². The number of thiazole rings is 1. The Balaban J connectivity index is 1.93. The van der Waals surface area contributed by atoms with Gasteiger partial charge in [0.05, 0.1) is 39.1 Å². The van der Waals surface area contributed by atoms with E-state index in [0.717, 1.165) is 20.4 Å². The molecule has 1 atom stereocenters. The number of carbonyl (C=O) groups excluding carboxylic acids is 1. The first-order valence-electron chi connectivity index (χ1n) is 10.1. The van der Waals surface area contributed by atoms with Crippen LogP contribution in [0.5, 0.6) is 5.75 Å². The third-order valence-electron chi connectivity index (χ3n) is 5.18. The highest BCUT2D eigenvalue weighted by Gasteiger charge is 2.33. The van der Waals surface area contributed by atoms with Gasteiger partial charge in [0.1, 0.15) is 5.75 Å². The molecule has 3 aromatic rings. The number of methoxy groups -OCH3 is 1. The van der Waals surface area contributed by atoms with Gasteiger partial charge in [-0.15, -0.1) is 0 Å². The van der Waals surface area contributed by atoms with E-state index in [1.54, 1.807) is 37.7 Å². The second-order valence-electron chi connectivity index (χ2n) is 7.25. The number of nitrogens with zero attached hydrogens (tertiary/aromatic N) is 2. The molecule has 2 aromatic carbocycles. The molecule has 0 bridgehead atoms. The van der Waals surface area contributed by atoms with Crippen molar-refractivity contribution in [3.63, 3.8) is 0 Å². The second kappa shape index (κ2) is 9.82. The number of hydrogen-bond acceptors (Lipinski definition) is 6. The smallest absolute Gasteiger partial charge is 0.338 e. The normalized spacial score (nSPS) is 15.8. The number of rotatable bonds is 5. The average molecular weight is 595 g/mol. The minimum absolute atomic E-state index is 0.223. The molecular formula is C24H20ClIN2O4S. The molecule has 6 nitrogen and oxygen atoms in total. The zero-order valence-corrected chi connectivity index (χ0v) is 21.8. The summed E-state index contributed by atoms with van der Waals surface area (Å²) in [4.78, 5) is 31.6. The predicted octanol–water partition coefficient (Wildman–Crippen LogP) is 4.06. The van der Waals surface area contributed by atoms with Gasteiger partial charge in [-0.3, -0.25) is 9.36 Å². The molecule has 1 aliphatic rings. The van der Waals surface area contributed by atoms with Crippen LogP contribution in [0.4, 0.5) is 0 Å². The molecule has 170 valence electrons. The number of hydrogen-bond donors (Lipinski definition) is 0. The molecule has 0 radical (unpaired) electrons. The third kappa shape index (κ3) is 4.64. The largest absolute Gasteiger partial charge is 0.496 e. The van der Waals surface area contributed by atoms with Gasteiger partial charge in [0, 0.05) is 5.02 Å². The molecule has 4 rings (SSSR count). The van der Waals surface area contributed by atoms with Crippen LogP contribution in [-0.2, 0) is 9.53 Å². The van der Waals surface area contributed by atoms with Crippen LogP contribution in [0.3, 0.4) is 0 Å². The fourth-order valence-corrected chi connectivity index (χ4v) is 5.61. The van der Waals surface area contributed by atoms with E-state index in [0.29, 0.717) is 25.6 Å². The molecule has 2 heterocycles. The van der Waals surface area contributed by atoms with Gasteiger partial charge in [-0.05, 0) is 77.9 Å². The van der Waals surface area contributed by atoms with Gasteiger partial charge in [0.15, 0.2) is 4.80 Å². The summed E-state index contributed by atoms with van der Waals surface area (Å²) in [6.07, 6.45) is 1.83. The fourth-order valence-electron chi connectivity index (χ4n) is 3.68. The highest BCUT2D eigenvalue weighted by atomic mass is 127. The summed E-state index contributed by atoms with van der Waals surface area (Å²) < 4.78 is 13.6. The SMILES string of the molecule is CCOC(=O)C1=C(C)N=c2s/c(=C\c3ccc(OC)c(I)c3)c(=O)n2[C@H]1c1ccc(Cl)cc1.